The predicted octanol–water partition coefficient (Wildman–Crippen LogP) is 3.71. The molecule has 1 aromatic heterocycles. The van der Waals surface area contributed by atoms with Crippen LogP contribution in [-0.2, 0) is 6.42 Å². The molecule has 0 bridgehead atoms. The highest BCUT2D eigenvalue weighted by atomic mass is 79.9. The van der Waals surface area contributed by atoms with E-state index in [-0.39, 0.29) is 10.6 Å². The van der Waals surface area contributed by atoms with Crippen molar-refractivity contribution in [1.29, 1.82) is 0 Å². The van der Waals surface area contributed by atoms with Crippen LogP contribution in [0.5, 0.6) is 0 Å². The third-order valence-corrected chi connectivity index (χ3v) is 3.74. The summed E-state index contributed by atoms with van der Waals surface area (Å²) in [5.41, 5.74) is 2.50. The molecule has 5 heteroatoms. The van der Waals surface area contributed by atoms with Crippen molar-refractivity contribution in [3.8, 4) is 0 Å². The third kappa shape index (κ3) is 1.43. The highest BCUT2D eigenvalue weighted by molar-refractivity contribution is 9.10. The van der Waals surface area contributed by atoms with Crippen LogP contribution in [0, 0.1) is 17.0 Å². The molecule has 1 N–H and O–H groups in total. The van der Waals surface area contributed by atoms with Crippen LogP contribution in [0.25, 0.3) is 10.9 Å². The Bertz CT molecular complexity index is 575. The minimum absolute atomic E-state index is 0.181. The Morgan fingerprint density at radius 2 is 2.25 bits per heavy atom. The minimum atomic E-state index is -0.320. The van der Waals surface area contributed by atoms with E-state index in [1.165, 1.54) is 0 Å². The van der Waals surface area contributed by atoms with Crippen molar-refractivity contribution in [2.75, 3.05) is 0 Å². The van der Waals surface area contributed by atoms with Gasteiger partial charge in [0.15, 0.2) is 0 Å². The fourth-order valence-corrected chi connectivity index (χ4v) is 2.96. The normalized spacial score (nSPS) is 10.9. The maximum absolute atomic E-state index is 11.1. The number of halogens is 1. The van der Waals surface area contributed by atoms with Gasteiger partial charge in [-0.15, -0.1) is 0 Å². The van der Waals surface area contributed by atoms with Gasteiger partial charge in [0.1, 0.15) is 5.52 Å². The van der Waals surface area contributed by atoms with Gasteiger partial charge in [-0.3, -0.25) is 10.1 Å². The summed E-state index contributed by atoms with van der Waals surface area (Å²) in [4.78, 5) is 13.7. The number of nitrogens with zero attached hydrogens (tertiary/aromatic N) is 1. The van der Waals surface area contributed by atoms with E-state index in [1.54, 1.807) is 13.1 Å². The second-order valence-electron chi connectivity index (χ2n) is 3.64. The molecule has 0 aliphatic rings. The lowest BCUT2D eigenvalue weighted by molar-refractivity contribution is -0.383. The SMILES string of the molecule is CCc1c(C)c([N+](=O)[O-])c2[nH]ccc2c1Br. The van der Waals surface area contributed by atoms with Gasteiger partial charge in [-0.1, -0.05) is 6.92 Å². The van der Waals surface area contributed by atoms with Gasteiger partial charge in [0.2, 0.25) is 0 Å². The average Bonchev–Trinajstić information content (AvgIpc) is 2.66. The number of fused-ring (bicyclic) bond motifs is 1. The van der Waals surface area contributed by atoms with E-state index in [0.717, 1.165) is 27.4 Å². The Labute approximate surface area is 101 Å². The maximum Gasteiger partial charge on any atom is 0.296 e. The quantitative estimate of drug-likeness (QED) is 0.674. The molecule has 2 rings (SSSR count). The van der Waals surface area contributed by atoms with Crippen molar-refractivity contribution in [1.82, 2.24) is 4.98 Å². The Kier molecular flexibility index (Phi) is 2.71. The molecule has 0 saturated heterocycles. The van der Waals surface area contributed by atoms with Crippen LogP contribution in [0.3, 0.4) is 0 Å². The van der Waals surface area contributed by atoms with Crippen molar-refractivity contribution >= 4 is 32.5 Å². The molecule has 0 unspecified atom stereocenters. The number of aromatic nitrogens is 1. The van der Waals surface area contributed by atoms with Crippen molar-refractivity contribution in [3.63, 3.8) is 0 Å². The van der Waals surface area contributed by atoms with Gasteiger partial charge in [-0.25, -0.2) is 0 Å². The summed E-state index contributed by atoms with van der Waals surface area (Å²) in [6.45, 7) is 3.79. The number of hydrogen-bond acceptors (Lipinski definition) is 2. The molecule has 0 fully saturated rings. The number of hydrogen-bond donors (Lipinski definition) is 1. The Balaban J connectivity index is 2.97. The first kappa shape index (κ1) is 11.1. The molecule has 0 amide bonds. The van der Waals surface area contributed by atoms with Crippen molar-refractivity contribution in [2.24, 2.45) is 0 Å². The molecule has 0 aliphatic carbocycles. The zero-order valence-electron chi connectivity index (χ0n) is 9.00. The lowest BCUT2D eigenvalue weighted by Crippen LogP contribution is -1.98. The highest BCUT2D eigenvalue weighted by Crippen LogP contribution is 2.37. The van der Waals surface area contributed by atoms with Gasteiger partial charge >= 0.3 is 0 Å². The Morgan fingerprint density at radius 3 is 2.81 bits per heavy atom. The molecule has 0 aliphatic heterocycles. The molecule has 16 heavy (non-hydrogen) atoms. The third-order valence-electron chi connectivity index (χ3n) is 2.83. The molecule has 0 saturated carbocycles. The highest BCUT2D eigenvalue weighted by Gasteiger charge is 2.22. The van der Waals surface area contributed by atoms with Gasteiger partial charge in [0.25, 0.3) is 5.69 Å². The molecule has 1 heterocycles. The summed E-state index contributed by atoms with van der Waals surface area (Å²) in [5, 5.41) is 12.0. The first-order valence-electron chi connectivity index (χ1n) is 5.00. The topological polar surface area (TPSA) is 58.9 Å². The predicted molar refractivity (Wildman–Crippen MR) is 66.8 cm³/mol. The Morgan fingerprint density at radius 1 is 1.56 bits per heavy atom. The van der Waals surface area contributed by atoms with Crippen LogP contribution in [0.2, 0.25) is 0 Å². The first-order valence-corrected chi connectivity index (χ1v) is 5.79. The van der Waals surface area contributed by atoms with E-state index in [4.69, 9.17) is 0 Å². The fourth-order valence-electron chi connectivity index (χ4n) is 2.05. The number of nitrogens with one attached hydrogen (secondary N) is 1. The van der Waals surface area contributed by atoms with Crippen molar-refractivity contribution in [3.05, 3.63) is 38.0 Å². The van der Waals surface area contributed by atoms with E-state index in [2.05, 4.69) is 20.9 Å². The lowest BCUT2D eigenvalue weighted by Gasteiger charge is -2.08. The standard InChI is InChI=1S/C11H11BrN2O2/c1-3-7-6(2)11(14(15)16)10-8(9(7)12)4-5-13-10/h4-5,13H,3H2,1-2H3. The molecule has 1 aromatic carbocycles. The van der Waals surface area contributed by atoms with Gasteiger partial charge in [-0.2, -0.15) is 0 Å². The van der Waals surface area contributed by atoms with E-state index >= 15 is 0 Å². The molecule has 84 valence electrons. The number of aromatic amines is 1. The van der Waals surface area contributed by atoms with Gasteiger partial charge < -0.3 is 4.98 Å². The molecular weight excluding hydrogens is 272 g/mol. The summed E-state index contributed by atoms with van der Waals surface area (Å²) in [6.07, 6.45) is 2.50. The smallest absolute Gasteiger partial charge is 0.296 e. The van der Waals surface area contributed by atoms with Crippen LogP contribution in [0.1, 0.15) is 18.1 Å². The molecular formula is C11H11BrN2O2. The Hall–Kier alpha value is -1.36. The zero-order chi connectivity index (χ0) is 11.9. The maximum atomic E-state index is 11.1. The molecule has 2 aromatic rings. The first-order chi connectivity index (χ1) is 7.57. The van der Waals surface area contributed by atoms with Gasteiger partial charge in [0.05, 0.1) is 4.92 Å². The number of H-pyrrole nitrogens is 1. The van der Waals surface area contributed by atoms with E-state index in [0.29, 0.717) is 5.52 Å². The summed E-state index contributed by atoms with van der Waals surface area (Å²) in [7, 11) is 0. The van der Waals surface area contributed by atoms with E-state index in [1.807, 2.05) is 13.0 Å². The fraction of sp³-hybridized carbons (Fsp3) is 0.273. The molecule has 0 spiro atoms. The molecule has 0 atom stereocenters. The number of nitro groups is 1. The van der Waals surface area contributed by atoms with Crippen LogP contribution in [-0.4, -0.2) is 9.91 Å². The van der Waals surface area contributed by atoms with E-state index < -0.39 is 0 Å². The molecule has 0 radical (unpaired) electrons. The second-order valence-corrected chi connectivity index (χ2v) is 4.44. The number of benzene rings is 1. The summed E-state index contributed by atoms with van der Waals surface area (Å²) < 4.78 is 0.953. The van der Waals surface area contributed by atoms with E-state index in [9.17, 15) is 10.1 Å². The van der Waals surface area contributed by atoms with Crippen LogP contribution < -0.4 is 0 Å². The second kappa shape index (κ2) is 3.90. The van der Waals surface area contributed by atoms with Gasteiger partial charge in [-0.05, 0) is 40.9 Å². The van der Waals surface area contributed by atoms with Crippen LogP contribution in [0.15, 0.2) is 16.7 Å². The minimum Gasteiger partial charge on any atom is -0.356 e. The summed E-state index contributed by atoms with van der Waals surface area (Å²) in [5.74, 6) is 0. The lowest BCUT2D eigenvalue weighted by atomic mass is 10.0. The monoisotopic (exact) mass is 282 g/mol. The average molecular weight is 283 g/mol. The van der Waals surface area contributed by atoms with Crippen molar-refractivity contribution < 1.29 is 4.92 Å². The van der Waals surface area contributed by atoms with Gasteiger partial charge in [0, 0.05) is 21.6 Å². The summed E-state index contributed by atoms with van der Waals surface area (Å²) in [6, 6.07) is 1.85. The zero-order valence-corrected chi connectivity index (χ0v) is 10.6. The number of rotatable bonds is 2. The van der Waals surface area contributed by atoms with Crippen molar-refractivity contribution in [2.45, 2.75) is 20.3 Å². The molecule has 4 nitrogen and oxygen atoms in total. The van der Waals surface area contributed by atoms with Crippen LogP contribution in [0.4, 0.5) is 5.69 Å². The largest absolute Gasteiger partial charge is 0.356 e. The number of nitro benzene ring substituents is 1. The van der Waals surface area contributed by atoms with Crippen LogP contribution >= 0.6 is 15.9 Å². The summed E-state index contributed by atoms with van der Waals surface area (Å²) >= 11 is 3.51.